The number of carbonyl (C=O) groups is 1. The Morgan fingerprint density at radius 2 is 2.22 bits per heavy atom. The normalized spacial score (nSPS) is 12.1. The molecule has 0 aliphatic heterocycles. The summed E-state index contributed by atoms with van der Waals surface area (Å²) in [6.45, 7) is 3.97. The van der Waals surface area contributed by atoms with Crippen LogP contribution in [0.25, 0.3) is 0 Å². The third kappa shape index (κ3) is 3.70. The van der Waals surface area contributed by atoms with Gasteiger partial charge in [-0.25, -0.2) is 4.98 Å². The molecule has 2 N–H and O–H groups in total. The molecule has 1 unspecified atom stereocenters. The lowest BCUT2D eigenvalue weighted by molar-refractivity contribution is 0.0703. The van der Waals surface area contributed by atoms with Crippen molar-refractivity contribution < 1.29 is 9.90 Å². The number of hydrogen-bond donors (Lipinski definition) is 2. The average Bonchev–Trinajstić information content (AvgIpc) is 2.36. The van der Waals surface area contributed by atoms with Crippen molar-refractivity contribution in [2.45, 2.75) is 26.4 Å². The van der Waals surface area contributed by atoms with E-state index in [-0.39, 0.29) is 5.91 Å². The Morgan fingerprint density at radius 1 is 1.56 bits per heavy atom. The molecule has 0 radical (unpaired) electrons. The molecule has 1 amide bonds. The monoisotopic (exact) mass is 251 g/mol. The van der Waals surface area contributed by atoms with Gasteiger partial charge in [-0.2, -0.15) is 0 Å². The van der Waals surface area contributed by atoms with Gasteiger partial charge in [0.2, 0.25) is 0 Å². The smallest absolute Gasteiger partial charge is 0.253 e. The van der Waals surface area contributed by atoms with Crippen LogP contribution in [0.2, 0.25) is 0 Å². The molecule has 100 valence electrons. The molecule has 1 rings (SSSR count). The van der Waals surface area contributed by atoms with Crippen LogP contribution in [0.3, 0.4) is 0 Å². The van der Waals surface area contributed by atoms with E-state index in [9.17, 15) is 9.90 Å². The van der Waals surface area contributed by atoms with E-state index in [0.29, 0.717) is 17.9 Å². The van der Waals surface area contributed by atoms with Gasteiger partial charge in [0.25, 0.3) is 5.91 Å². The summed E-state index contributed by atoms with van der Waals surface area (Å²) in [6, 6.07) is 3.52. The first kappa shape index (κ1) is 14.4. The average molecular weight is 251 g/mol. The molecule has 0 aromatic carbocycles. The van der Waals surface area contributed by atoms with Crippen LogP contribution >= 0.6 is 0 Å². The van der Waals surface area contributed by atoms with Crippen LogP contribution < -0.4 is 5.32 Å². The highest BCUT2D eigenvalue weighted by Crippen LogP contribution is 2.13. The second kappa shape index (κ2) is 6.35. The molecule has 1 atom stereocenters. The molecule has 18 heavy (non-hydrogen) atoms. The summed E-state index contributed by atoms with van der Waals surface area (Å²) in [5.41, 5.74) is 1.46. The number of nitrogens with zero attached hydrogens (tertiary/aromatic N) is 2. The van der Waals surface area contributed by atoms with Crippen molar-refractivity contribution in [2.75, 3.05) is 26.0 Å². The summed E-state index contributed by atoms with van der Waals surface area (Å²) in [4.78, 5) is 18.0. The van der Waals surface area contributed by atoms with E-state index in [0.717, 1.165) is 12.1 Å². The molecule has 0 bridgehead atoms. The lowest BCUT2D eigenvalue weighted by Gasteiger charge is -2.19. The molecule has 0 saturated carbocycles. The second-order valence-electron chi connectivity index (χ2n) is 4.37. The Morgan fingerprint density at radius 3 is 2.72 bits per heavy atom. The van der Waals surface area contributed by atoms with Gasteiger partial charge in [-0.15, -0.1) is 0 Å². The minimum atomic E-state index is -0.532. The van der Waals surface area contributed by atoms with Crippen molar-refractivity contribution in [2.24, 2.45) is 0 Å². The molecule has 5 heteroatoms. The summed E-state index contributed by atoms with van der Waals surface area (Å²) >= 11 is 0. The topological polar surface area (TPSA) is 65.5 Å². The van der Waals surface area contributed by atoms with Crippen LogP contribution in [0.5, 0.6) is 0 Å². The number of aliphatic hydroxyl groups is 1. The number of pyridine rings is 1. The number of likely N-dealkylation sites (N-methyl/N-ethyl adjacent to an activating group) is 1. The molecule has 5 nitrogen and oxygen atoms in total. The highest BCUT2D eigenvalue weighted by Gasteiger charge is 2.15. The summed E-state index contributed by atoms with van der Waals surface area (Å²) in [5.74, 6) is 0.577. The number of carbonyl (C=O) groups excluding carboxylic acids is 1. The Hall–Kier alpha value is -1.62. The molecule has 1 aromatic heterocycles. The third-order valence-electron chi connectivity index (χ3n) is 2.63. The van der Waals surface area contributed by atoms with Gasteiger partial charge in [0.05, 0.1) is 6.10 Å². The predicted molar refractivity (Wildman–Crippen MR) is 71.8 cm³/mol. The van der Waals surface area contributed by atoms with Crippen LogP contribution in [0.15, 0.2) is 12.1 Å². The van der Waals surface area contributed by atoms with E-state index in [1.54, 1.807) is 33.2 Å². The number of anilines is 1. The lowest BCUT2D eigenvalue weighted by Crippen LogP contribution is -2.33. The Kier molecular flexibility index (Phi) is 5.09. The van der Waals surface area contributed by atoms with Crippen molar-refractivity contribution in [1.82, 2.24) is 9.88 Å². The maximum Gasteiger partial charge on any atom is 0.253 e. The van der Waals surface area contributed by atoms with Gasteiger partial charge in [0.15, 0.2) is 0 Å². The van der Waals surface area contributed by atoms with Crippen LogP contribution in [0, 0.1) is 0 Å². The quantitative estimate of drug-likeness (QED) is 0.823. The molecule has 0 spiro atoms. The van der Waals surface area contributed by atoms with E-state index in [2.05, 4.69) is 10.3 Å². The summed E-state index contributed by atoms with van der Waals surface area (Å²) in [5, 5.41) is 12.2. The first-order valence-corrected chi connectivity index (χ1v) is 6.10. The summed E-state index contributed by atoms with van der Waals surface area (Å²) in [6.07, 6.45) is 0.242. The maximum absolute atomic E-state index is 12.2. The predicted octanol–water partition coefficient (Wildman–Crippen LogP) is 1.14. The minimum absolute atomic E-state index is 0.107. The van der Waals surface area contributed by atoms with E-state index in [1.807, 2.05) is 6.92 Å². The maximum atomic E-state index is 12.2. The number of aliphatic hydroxyl groups excluding tert-OH is 1. The molecular weight excluding hydrogens is 230 g/mol. The number of rotatable bonds is 5. The van der Waals surface area contributed by atoms with E-state index < -0.39 is 6.10 Å². The highest BCUT2D eigenvalue weighted by molar-refractivity contribution is 5.94. The van der Waals surface area contributed by atoms with Crippen molar-refractivity contribution in [3.63, 3.8) is 0 Å². The third-order valence-corrected chi connectivity index (χ3v) is 2.63. The highest BCUT2D eigenvalue weighted by atomic mass is 16.3. The molecule has 1 aromatic rings. The van der Waals surface area contributed by atoms with Crippen molar-refractivity contribution >= 4 is 11.7 Å². The minimum Gasteiger partial charge on any atom is -0.392 e. The zero-order valence-electron chi connectivity index (χ0n) is 11.4. The SMILES string of the molecule is CCc1cc(C(=O)N(C)CC(C)O)cc(NC)n1. The molecule has 0 saturated heterocycles. The van der Waals surface area contributed by atoms with E-state index >= 15 is 0 Å². The fraction of sp³-hybridized carbons (Fsp3) is 0.538. The standard InChI is InChI=1S/C13H21N3O2/c1-5-11-6-10(7-12(14-3)15-11)13(18)16(4)8-9(2)17/h6-7,9,17H,5,8H2,1-4H3,(H,14,15). The van der Waals surface area contributed by atoms with Gasteiger partial charge in [-0.1, -0.05) is 6.92 Å². The number of aromatic nitrogens is 1. The Labute approximate surface area is 108 Å². The van der Waals surface area contributed by atoms with Crippen molar-refractivity contribution in [3.8, 4) is 0 Å². The van der Waals surface area contributed by atoms with E-state index in [1.165, 1.54) is 4.90 Å². The lowest BCUT2D eigenvalue weighted by atomic mass is 10.1. The fourth-order valence-corrected chi connectivity index (χ4v) is 1.72. The largest absolute Gasteiger partial charge is 0.392 e. The Bertz CT molecular complexity index is 396. The molecular formula is C13H21N3O2. The molecule has 1 heterocycles. The molecule has 0 aliphatic carbocycles. The number of nitrogens with one attached hydrogen (secondary N) is 1. The van der Waals surface area contributed by atoms with Gasteiger partial charge in [-0.05, 0) is 25.5 Å². The first-order chi connectivity index (χ1) is 8.47. The zero-order valence-corrected chi connectivity index (χ0v) is 11.4. The van der Waals surface area contributed by atoms with Gasteiger partial charge >= 0.3 is 0 Å². The fourth-order valence-electron chi connectivity index (χ4n) is 1.72. The first-order valence-electron chi connectivity index (χ1n) is 6.10. The van der Waals surface area contributed by atoms with E-state index in [4.69, 9.17) is 0 Å². The zero-order chi connectivity index (χ0) is 13.7. The number of aryl methyl sites for hydroxylation is 1. The number of hydrogen-bond acceptors (Lipinski definition) is 4. The number of amides is 1. The Balaban J connectivity index is 2.97. The second-order valence-corrected chi connectivity index (χ2v) is 4.37. The van der Waals surface area contributed by atoms with Gasteiger partial charge < -0.3 is 15.3 Å². The summed E-state index contributed by atoms with van der Waals surface area (Å²) in [7, 11) is 3.45. The molecule has 0 aliphatic rings. The van der Waals surface area contributed by atoms with Crippen LogP contribution in [-0.4, -0.2) is 47.6 Å². The molecule has 0 fully saturated rings. The van der Waals surface area contributed by atoms with Gasteiger partial charge in [0.1, 0.15) is 5.82 Å². The van der Waals surface area contributed by atoms with Crippen LogP contribution in [0.4, 0.5) is 5.82 Å². The van der Waals surface area contributed by atoms with Crippen LogP contribution in [-0.2, 0) is 6.42 Å². The van der Waals surface area contributed by atoms with Crippen molar-refractivity contribution in [1.29, 1.82) is 0 Å². The van der Waals surface area contributed by atoms with Crippen LogP contribution in [0.1, 0.15) is 29.9 Å². The summed E-state index contributed by atoms with van der Waals surface area (Å²) < 4.78 is 0. The van der Waals surface area contributed by atoms with Gasteiger partial charge in [0, 0.05) is 31.9 Å². The van der Waals surface area contributed by atoms with Gasteiger partial charge in [-0.3, -0.25) is 4.79 Å². The van der Waals surface area contributed by atoms with Crippen molar-refractivity contribution in [3.05, 3.63) is 23.4 Å².